The summed E-state index contributed by atoms with van der Waals surface area (Å²) in [5.74, 6) is 0.280. The van der Waals surface area contributed by atoms with E-state index in [1.807, 2.05) is 12.1 Å². The molecular weight excluding hydrogens is 294 g/mol. The Morgan fingerprint density at radius 3 is 2.70 bits per heavy atom. The normalized spacial score (nSPS) is 29.9. The summed E-state index contributed by atoms with van der Waals surface area (Å²) in [7, 11) is 2.14. The Labute approximate surface area is 137 Å². The Kier molecular flexibility index (Phi) is 5.50. The first-order valence-electron chi connectivity index (χ1n) is 8.34. The van der Waals surface area contributed by atoms with Gasteiger partial charge in [0.2, 0.25) is 0 Å². The second-order valence-corrected chi connectivity index (χ2v) is 6.58. The second-order valence-electron chi connectivity index (χ2n) is 6.58. The molecule has 0 bridgehead atoms. The van der Waals surface area contributed by atoms with E-state index in [4.69, 9.17) is 4.74 Å². The maximum Gasteiger partial charge on any atom is 0.120 e. The highest BCUT2D eigenvalue weighted by molar-refractivity contribution is 5.31. The van der Waals surface area contributed by atoms with E-state index in [1.54, 1.807) is 12.1 Å². The molecule has 0 amide bonds. The largest absolute Gasteiger partial charge is 0.508 e. The molecule has 0 spiro atoms. The van der Waals surface area contributed by atoms with Crippen molar-refractivity contribution >= 4 is 0 Å². The van der Waals surface area contributed by atoms with Gasteiger partial charge in [0.05, 0.1) is 24.9 Å². The number of nitrogens with one attached hydrogen (secondary N) is 1. The average molecular weight is 321 g/mol. The van der Waals surface area contributed by atoms with Crippen LogP contribution in [0.1, 0.15) is 5.56 Å². The van der Waals surface area contributed by atoms with Crippen LogP contribution in [0, 0.1) is 0 Å². The molecule has 2 fully saturated rings. The summed E-state index contributed by atoms with van der Waals surface area (Å²) in [4.78, 5) is 4.68. The summed E-state index contributed by atoms with van der Waals surface area (Å²) >= 11 is 0. The van der Waals surface area contributed by atoms with Crippen LogP contribution in [0.5, 0.6) is 5.75 Å². The van der Waals surface area contributed by atoms with Crippen LogP contribution in [0.3, 0.4) is 0 Å². The lowest BCUT2D eigenvalue weighted by Gasteiger charge is -2.34. The first-order valence-corrected chi connectivity index (χ1v) is 8.34. The van der Waals surface area contributed by atoms with Crippen LogP contribution in [0.15, 0.2) is 24.3 Å². The number of nitrogens with zero attached hydrogens (tertiary/aromatic N) is 2. The number of ether oxygens (including phenoxy) is 1. The minimum absolute atomic E-state index is 0.0907. The Morgan fingerprint density at radius 1 is 1.22 bits per heavy atom. The molecule has 0 aliphatic carbocycles. The van der Waals surface area contributed by atoms with Crippen molar-refractivity contribution in [3.05, 3.63) is 29.8 Å². The fourth-order valence-corrected chi connectivity index (χ4v) is 3.21. The summed E-state index contributed by atoms with van der Waals surface area (Å²) in [5, 5.41) is 23.6. The number of hydrogen-bond donors (Lipinski definition) is 3. The molecule has 3 atom stereocenters. The van der Waals surface area contributed by atoms with Gasteiger partial charge in [0, 0.05) is 44.8 Å². The predicted molar refractivity (Wildman–Crippen MR) is 88.4 cm³/mol. The first kappa shape index (κ1) is 16.7. The van der Waals surface area contributed by atoms with Gasteiger partial charge in [-0.05, 0) is 13.1 Å². The van der Waals surface area contributed by atoms with Crippen molar-refractivity contribution in [1.82, 2.24) is 15.1 Å². The maximum atomic E-state index is 10.5. The van der Waals surface area contributed by atoms with Gasteiger partial charge in [0.1, 0.15) is 5.75 Å². The summed E-state index contributed by atoms with van der Waals surface area (Å²) in [5.41, 5.74) is 0.835. The maximum absolute atomic E-state index is 10.5. The predicted octanol–water partition coefficient (Wildman–Crippen LogP) is -0.142. The molecule has 1 aromatic rings. The molecule has 23 heavy (non-hydrogen) atoms. The van der Waals surface area contributed by atoms with Gasteiger partial charge >= 0.3 is 0 Å². The van der Waals surface area contributed by atoms with E-state index >= 15 is 0 Å². The Hall–Kier alpha value is -1.18. The third-order valence-corrected chi connectivity index (χ3v) is 4.86. The molecule has 128 valence electrons. The monoisotopic (exact) mass is 321 g/mol. The van der Waals surface area contributed by atoms with Crippen LogP contribution in [0.25, 0.3) is 0 Å². The SMILES string of the molecule is CN1CCN(C[C@@H]2OC[C@H](NCc3ccccc3O)[C@H]2O)CC1. The van der Waals surface area contributed by atoms with Crippen molar-refractivity contribution in [2.75, 3.05) is 46.4 Å². The highest BCUT2D eigenvalue weighted by atomic mass is 16.5. The van der Waals surface area contributed by atoms with E-state index in [2.05, 4.69) is 22.2 Å². The van der Waals surface area contributed by atoms with Crippen molar-refractivity contribution in [3.63, 3.8) is 0 Å². The molecule has 0 radical (unpaired) electrons. The fraction of sp³-hybridized carbons (Fsp3) is 0.647. The topological polar surface area (TPSA) is 68.2 Å². The van der Waals surface area contributed by atoms with Gasteiger partial charge in [-0.3, -0.25) is 4.90 Å². The standard InChI is InChI=1S/C17H27N3O3/c1-19-6-8-20(9-7-19)11-16-17(22)14(12-23-16)18-10-13-4-2-3-5-15(13)21/h2-5,14,16-18,21-22H,6-12H2,1H3/t14-,16-,17+/m0/s1. The van der Waals surface area contributed by atoms with Crippen molar-refractivity contribution in [3.8, 4) is 5.75 Å². The van der Waals surface area contributed by atoms with E-state index in [0.29, 0.717) is 13.2 Å². The van der Waals surface area contributed by atoms with Crippen molar-refractivity contribution in [2.45, 2.75) is 24.8 Å². The van der Waals surface area contributed by atoms with E-state index in [0.717, 1.165) is 38.3 Å². The molecule has 3 N–H and O–H groups in total. The molecule has 0 unspecified atom stereocenters. The molecule has 2 aliphatic rings. The number of likely N-dealkylation sites (N-methyl/N-ethyl adjacent to an activating group) is 1. The molecule has 3 rings (SSSR count). The molecule has 0 aromatic heterocycles. The fourth-order valence-electron chi connectivity index (χ4n) is 3.21. The summed E-state index contributed by atoms with van der Waals surface area (Å²) in [6.45, 7) is 6.00. The highest BCUT2D eigenvalue weighted by Gasteiger charge is 2.36. The molecule has 1 aromatic carbocycles. The third kappa shape index (κ3) is 4.22. The lowest BCUT2D eigenvalue weighted by molar-refractivity contribution is 0.00599. The second kappa shape index (κ2) is 7.59. The first-order chi connectivity index (χ1) is 11.1. The number of aliphatic hydroxyl groups is 1. The molecule has 2 aliphatic heterocycles. The summed E-state index contributed by atoms with van der Waals surface area (Å²) < 4.78 is 5.80. The zero-order valence-electron chi connectivity index (χ0n) is 13.7. The smallest absolute Gasteiger partial charge is 0.120 e. The van der Waals surface area contributed by atoms with Gasteiger partial charge in [-0.1, -0.05) is 18.2 Å². The Balaban J connectivity index is 1.47. The van der Waals surface area contributed by atoms with E-state index in [9.17, 15) is 10.2 Å². The highest BCUT2D eigenvalue weighted by Crippen LogP contribution is 2.19. The van der Waals surface area contributed by atoms with Crippen LogP contribution < -0.4 is 5.32 Å². The number of aromatic hydroxyl groups is 1. The molecule has 6 nitrogen and oxygen atoms in total. The van der Waals surface area contributed by atoms with Gasteiger partial charge in [-0.15, -0.1) is 0 Å². The summed E-state index contributed by atoms with van der Waals surface area (Å²) in [6, 6.07) is 7.17. The number of phenolic OH excluding ortho intramolecular Hbond substituents is 1. The van der Waals surface area contributed by atoms with Gasteiger partial charge in [-0.25, -0.2) is 0 Å². The van der Waals surface area contributed by atoms with Gasteiger partial charge in [0.15, 0.2) is 0 Å². The van der Waals surface area contributed by atoms with Crippen molar-refractivity contribution in [1.29, 1.82) is 0 Å². The van der Waals surface area contributed by atoms with Gasteiger partial charge in [0.25, 0.3) is 0 Å². The lowest BCUT2D eigenvalue weighted by atomic mass is 10.1. The summed E-state index contributed by atoms with van der Waals surface area (Å²) in [6.07, 6.45) is -0.652. The minimum Gasteiger partial charge on any atom is -0.508 e. The van der Waals surface area contributed by atoms with E-state index in [-0.39, 0.29) is 17.9 Å². The molecular formula is C17H27N3O3. The molecule has 6 heteroatoms. The third-order valence-electron chi connectivity index (χ3n) is 4.86. The Bertz CT molecular complexity index is 506. The average Bonchev–Trinajstić information content (AvgIpc) is 2.89. The number of benzene rings is 1. The van der Waals surface area contributed by atoms with Crippen molar-refractivity contribution < 1.29 is 14.9 Å². The number of aliphatic hydroxyl groups excluding tert-OH is 1. The van der Waals surface area contributed by atoms with Crippen LogP contribution in [0.4, 0.5) is 0 Å². The van der Waals surface area contributed by atoms with Crippen molar-refractivity contribution in [2.24, 2.45) is 0 Å². The van der Waals surface area contributed by atoms with E-state index in [1.165, 1.54) is 0 Å². The van der Waals surface area contributed by atoms with Gasteiger partial charge in [-0.2, -0.15) is 0 Å². The molecule has 0 saturated carbocycles. The lowest BCUT2D eigenvalue weighted by Crippen LogP contribution is -2.50. The quantitative estimate of drug-likeness (QED) is 0.701. The number of para-hydroxylation sites is 1. The van der Waals surface area contributed by atoms with Crippen LogP contribution in [0.2, 0.25) is 0 Å². The number of rotatable bonds is 5. The van der Waals surface area contributed by atoms with E-state index < -0.39 is 6.10 Å². The van der Waals surface area contributed by atoms with Gasteiger partial charge < -0.3 is 25.2 Å². The van der Waals surface area contributed by atoms with Crippen LogP contribution in [-0.4, -0.2) is 84.6 Å². The van der Waals surface area contributed by atoms with Crippen LogP contribution in [-0.2, 0) is 11.3 Å². The zero-order chi connectivity index (χ0) is 16.2. The number of hydrogen-bond acceptors (Lipinski definition) is 6. The molecule has 2 saturated heterocycles. The number of phenols is 1. The zero-order valence-corrected chi connectivity index (χ0v) is 13.7. The van der Waals surface area contributed by atoms with Crippen LogP contribution >= 0.6 is 0 Å². The molecule has 2 heterocycles. The number of piperazine rings is 1. The Morgan fingerprint density at radius 2 is 1.96 bits per heavy atom. The minimum atomic E-state index is -0.513.